The summed E-state index contributed by atoms with van der Waals surface area (Å²) in [5.74, 6) is 4.28. The zero-order chi connectivity index (χ0) is 22.6. The van der Waals surface area contributed by atoms with E-state index < -0.39 is 23.5 Å². The van der Waals surface area contributed by atoms with Gasteiger partial charge in [-0.05, 0) is 43.7 Å². The highest BCUT2D eigenvalue weighted by Crippen LogP contribution is 2.33. The second-order valence-corrected chi connectivity index (χ2v) is 8.61. The van der Waals surface area contributed by atoms with Crippen molar-refractivity contribution in [3.8, 4) is 11.3 Å². The Labute approximate surface area is 177 Å². The normalized spacial score (nSPS) is 12.4. The Kier molecular flexibility index (Phi) is 7.21. The third-order valence-corrected chi connectivity index (χ3v) is 4.88. The number of nitrogen functional groups attached to an aromatic ring is 1. The molecule has 1 aromatic heterocycles. The Morgan fingerprint density at radius 2 is 1.77 bits per heavy atom. The number of amides is 1. The number of carbonyl (C=O) groups is 2. The number of benzene rings is 1. The number of pyridine rings is 1. The van der Waals surface area contributed by atoms with Crippen LogP contribution in [0.15, 0.2) is 35.1 Å². The van der Waals surface area contributed by atoms with Crippen LogP contribution in [0.5, 0.6) is 0 Å². The second kappa shape index (κ2) is 9.26. The Morgan fingerprint density at radius 1 is 1.17 bits per heavy atom. The molecule has 0 aliphatic heterocycles. The predicted octanol–water partition coefficient (Wildman–Crippen LogP) is 3.28. The van der Waals surface area contributed by atoms with Crippen molar-refractivity contribution in [2.24, 2.45) is 11.3 Å². The van der Waals surface area contributed by atoms with Crippen molar-refractivity contribution >= 4 is 11.9 Å². The molecule has 2 aromatic rings. The number of carbonyl (C=O) groups excluding carboxylic acids is 2. The standard InChI is InChI=1S/C23H31N3O4/c1-7-30-22(29)18(13-23(4,5)6)26-19(27)12-17(21(28)25-24)15(3)20(26)16-10-8-14(2)9-11-16/h8-12,18H,7,13,24H2,1-6H3,(H,25,28). The van der Waals surface area contributed by atoms with E-state index in [1.165, 1.54) is 10.6 Å². The summed E-state index contributed by atoms with van der Waals surface area (Å²) >= 11 is 0. The summed E-state index contributed by atoms with van der Waals surface area (Å²) in [6.45, 7) is 11.6. The van der Waals surface area contributed by atoms with Crippen LogP contribution in [-0.4, -0.2) is 23.1 Å². The molecule has 1 heterocycles. The molecule has 1 atom stereocenters. The van der Waals surface area contributed by atoms with Gasteiger partial charge in [0.2, 0.25) is 0 Å². The number of rotatable bonds is 6. The molecule has 3 N–H and O–H groups in total. The highest BCUT2D eigenvalue weighted by atomic mass is 16.5. The van der Waals surface area contributed by atoms with Crippen molar-refractivity contribution < 1.29 is 14.3 Å². The minimum absolute atomic E-state index is 0.174. The number of ether oxygens (including phenoxy) is 1. The molecule has 0 radical (unpaired) electrons. The van der Waals surface area contributed by atoms with Gasteiger partial charge in [0.15, 0.2) is 0 Å². The van der Waals surface area contributed by atoms with Gasteiger partial charge >= 0.3 is 5.97 Å². The van der Waals surface area contributed by atoms with Crippen molar-refractivity contribution in [2.75, 3.05) is 6.61 Å². The summed E-state index contributed by atoms with van der Waals surface area (Å²) in [4.78, 5) is 38.5. The van der Waals surface area contributed by atoms with Gasteiger partial charge in [0.05, 0.1) is 17.9 Å². The maximum atomic E-state index is 13.2. The Balaban J connectivity index is 2.88. The van der Waals surface area contributed by atoms with Gasteiger partial charge < -0.3 is 4.74 Å². The van der Waals surface area contributed by atoms with Crippen molar-refractivity contribution in [3.63, 3.8) is 0 Å². The minimum atomic E-state index is -0.831. The topological polar surface area (TPSA) is 103 Å². The zero-order valence-corrected chi connectivity index (χ0v) is 18.5. The van der Waals surface area contributed by atoms with Crippen LogP contribution < -0.4 is 16.8 Å². The number of hydrazine groups is 1. The Hall–Kier alpha value is -2.93. The van der Waals surface area contributed by atoms with Crippen LogP contribution in [0.4, 0.5) is 0 Å². The molecule has 1 amide bonds. The minimum Gasteiger partial charge on any atom is -0.464 e. The molecule has 30 heavy (non-hydrogen) atoms. The number of esters is 1. The fourth-order valence-electron chi connectivity index (χ4n) is 3.51. The van der Waals surface area contributed by atoms with E-state index in [1.54, 1.807) is 13.8 Å². The maximum absolute atomic E-state index is 13.2. The molecule has 0 spiro atoms. The molecular weight excluding hydrogens is 382 g/mol. The van der Waals surface area contributed by atoms with Gasteiger partial charge in [-0.15, -0.1) is 0 Å². The van der Waals surface area contributed by atoms with E-state index in [1.807, 2.05) is 52.0 Å². The van der Waals surface area contributed by atoms with E-state index >= 15 is 0 Å². The molecule has 1 aromatic carbocycles. The lowest BCUT2D eigenvalue weighted by atomic mass is 9.87. The molecule has 0 bridgehead atoms. The first kappa shape index (κ1) is 23.3. The number of aryl methyl sites for hydroxylation is 1. The first-order chi connectivity index (χ1) is 14.0. The third-order valence-electron chi connectivity index (χ3n) is 4.88. The van der Waals surface area contributed by atoms with Crippen molar-refractivity contribution in [2.45, 2.75) is 54.0 Å². The van der Waals surface area contributed by atoms with E-state index in [0.29, 0.717) is 17.7 Å². The molecule has 7 heteroatoms. The summed E-state index contributed by atoms with van der Waals surface area (Å²) in [5, 5.41) is 0. The summed E-state index contributed by atoms with van der Waals surface area (Å²) in [5.41, 5.74) is 4.40. The monoisotopic (exact) mass is 413 g/mol. The van der Waals surface area contributed by atoms with Crippen LogP contribution in [0.1, 0.15) is 61.6 Å². The van der Waals surface area contributed by atoms with Gasteiger partial charge in [-0.3, -0.25) is 19.6 Å². The van der Waals surface area contributed by atoms with Gasteiger partial charge in [0.25, 0.3) is 11.5 Å². The van der Waals surface area contributed by atoms with E-state index in [0.717, 1.165) is 11.1 Å². The molecule has 162 valence electrons. The third kappa shape index (κ3) is 5.16. The van der Waals surface area contributed by atoms with E-state index in [9.17, 15) is 14.4 Å². The summed E-state index contributed by atoms with van der Waals surface area (Å²) in [6, 6.07) is 7.98. The van der Waals surface area contributed by atoms with E-state index in [4.69, 9.17) is 10.6 Å². The van der Waals surface area contributed by atoms with Crippen LogP contribution in [0.25, 0.3) is 11.3 Å². The zero-order valence-electron chi connectivity index (χ0n) is 18.5. The van der Waals surface area contributed by atoms with Gasteiger partial charge in [0.1, 0.15) is 6.04 Å². The van der Waals surface area contributed by atoms with Gasteiger partial charge in [0, 0.05) is 6.07 Å². The van der Waals surface area contributed by atoms with Crippen molar-refractivity contribution in [3.05, 3.63) is 57.4 Å². The molecule has 0 saturated heterocycles. The van der Waals surface area contributed by atoms with E-state index in [-0.39, 0.29) is 17.6 Å². The number of nitrogens with two attached hydrogens (primary N) is 1. The SMILES string of the molecule is CCOC(=O)C(CC(C)(C)C)n1c(-c2ccc(C)cc2)c(C)c(C(=O)NN)cc1=O. The van der Waals surface area contributed by atoms with Crippen LogP contribution in [0.2, 0.25) is 0 Å². The van der Waals surface area contributed by atoms with Gasteiger partial charge in [-0.1, -0.05) is 50.6 Å². The molecule has 7 nitrogen and oxygen atoms in total. The maximum Gasteiger partial charge on any atom is 0.329 e. The predicted molar refractivity (Wildman–Crippen MR) is 117 cm³/mol. The summed E-state index contributed by atoms with van der Waals surface area (Å²) in [6.07, 6.45) is 0.395. The molecular formula is C23H31N3O4. The van der Waals surface area contributed by atoms with Crippen LogP contribution in [-0.2, 0) is 9.53 Å². The first-order valence-corrected chi connectivity index (χ1v) is 10.0. The lowest BCUT2D eigenvalue weighted by Crippen LogP contribution is -2.37. The molecule has 0 aliphatic carbocycles. The number of nitrogens with zero attached hydrogens (tertiary/aromatic N) is 1. The van der Waals surface area contributed by atoms with Crippen LogP contribution in [0.3, 0.4) is 0 Å². The largest absolute Gasteiger partial charge is 0.464 e. The van der Waals surface area contributed by atoms with Gasteiger partial charge in [-0.2, -0.15) is 0 Å². The van der Waals surface area contributed by atoms with Crippen molar-refractivity contribution in [1.29, 1.82) is 0 Å². The quantitative estimate of drug-likeness (QED) is 0.327. The first-order valence-electron chi connectivity index (χ1n) is 10.0. The summed E-state index contributed by atoms with van der Waals surface area (Å²) < 4.78 is 6.77. The Morgan fingerprint density at radius 3 is 2.27 bits per heavy atom. The lowest BCUT2D eigenvalue weighted by molar-refractivity contribution is -0.148. The molecule has 0 aliphatic rings. The molecule has 0 saturated carbocycles. The average molecular weight is 414 g/mol. The van der Waals surface area contributed by atoms with Crippen molar-refractivity contribution in [1.82, 2.24) is 9.99 Å². The second-order valence-electron chi connectivity index (χ2n) is 8.61. The fourth-order valence-corrected chi connectivity index (χ4v) is 3.51. The molecule has 1 unspecified atom stereocenters. The smallest absolute Gasteiger partial charge is 0.329 e. The fraction of sp³-hybridized carbons (Fsp3) is 0.435. The number of aromatic nitrogens is 1. The summed E-state index contributed by atoms with van der Waals surface area (Å²) in [7, 11) is 0. The van der Waals surface area contributed by atoms with Crippen LogP contribution in [0, 0.1) is 19.3 Å². The molecule has 0 fully saturated rings. The lowest BCUT2D eigenvalue weighted by Gasteiger charge is -2.29. The van der Waals surface area contributed by atoms with E-state index in [2.05, 4.69) is 5.43 Å². The van der Waals surface area contributed by atoms with Gasteiger partial charge in [-0.25, -0.2) is 10.6 Å². The number of nitrogens with one attached hydrogen (secondary N) is 1. The molecule has 2 rings (SSSR count). The highest BCUT2D eigenvalue weighted by molar-refractivity contribution is 5.96. The average Bonchev–Trinajstić information content (AvgIpc) is 2.67. The number of hydrogen-bond donors (Lipinski definition) is 2. The number of hydrogen-bond acceptors (Lipinski definition) is 5. The Bertz CT molecular complexity index is 985. The highest BCUT2D eigenvalue weighted by Gasteiger charge is 2.32. The van der Waals surface area contributed by atoms with Crippen LogP contribution >= 0.6 is 0 Å².